The zero-order valence-electron chi connectivity index (χ0n) is 10.9. The van der Waals surface area contributed by atoms with Gasteiger partial charge in [-0.3, -0.25) is 9.78 Å². The minimum absolute atomic E-state index is 0.117. The first kappa shape index (κ1) is 13.0. The van der Waals surface area contributed by atoms with E-state index < -0.39 is 0 Å². The topological polar surface area (TPSA) is 59.2 Å². The van der Waals surface area contributed by atoms with Gasteiger partial charge in [0.25, 0.3) is 0 Å². The average molecular weight is 247 g/mol. The van der Waals surface area contributed by atoms with Gasteiger partial charge in [0.15, 0.2) is 0 Å². The third-order valence-corrected chi connectivity index (χ3v) is 3.78. The Balaban J connectivity index is 1.83. The molecule has 1 aliphatic heterocycles. The van der Waals surface area contributed by atoms with E-state index in [0.29, 0.717) is 13.0 Å². The van der Waals surface area contributed by atoms with Crippen molar-refractivity contribution in [2.45, 2.75) is 26.2 Å². The first-order valence-electron chi connectivity index (χ1n) is 6.50. The van der Waals surface area contributed by atoms with Crippen LogP contribution in [0.3, 0.4) is 0 Å². The molecule has 2 N–H and O–H groups in total. The molecule has 4 nitrogen and oxygen atoms in total. The Bertz CT molecular complexity index is 407. The average Bonchev–Trinajstić information content (AvgIpc) is 2.81. The van der Waals surface area contributed by atoms with Gasteiger partial charge in [-0.25, -0.2) is 0 Å². The smallest absolute Gasteiger partial charge is 0.222 e. The van der Waals surface area contributed by atoms with Gasteiger partial charge in [-0.2, -0.15) is 0 Å². The van der Waals surface area contributed by atoms with Gasteiger partial charge in [0.05, 0.1) is 0 Å². The molecule has 0 saturated carbocycles. The molecule has 1 aliphatic rings. The third kappa shape index (κ3) is 3.07. The van der Waals surface area contributed by atoms with Crippen LogP contribution in [0.15, 0.2) is 24.5 Å². The van der Waals surface area contributed by atoms with E-state index in [0.717, 1.165) is 25.9 Å². The van der Waals surface area contributed by atoms with Crippen LogP contribution in [0.4, 0.5) is 0 Å². The minimum atomic E-state index is 0.117. The summed E-state index contributed by atoms with van der Waals surface area (Å²) in [7, 11) is 0. The van der Waals surface area contributed by atoms with Crippen LogP contribution in [-0.4, -0.2) is 35.4 Å². The van der Waals surface area contributed by atoms with Crippen molar-refractivity contribution in [1.29, 1.82) is 0 Å². The Morgan fingerprint density at radius 1 is 1.50 bits per heavy atom. The highest BCUT2D eigenvalue weighted by Crippen LogP contribution is 2.28. The van der Waals surface area contributed by atoms with Crippen LogP contribution < -0.4 is 5.73 Å². The maximum atomic E-state index is 12.1. The number of hydrogen-bond donors (Lipinski definition) is 1. The Hall–Kier alpha value is -1.42. The molecule has 1 aromatic rings. The van der Waals surface area contributed by atoms with Crippen LogP contribution in [0.1, 0.15) is 25.3 Å². The SMILES string of the molecule is CC1(CN)CCN(C(=O)CCc2ccncc2)C1. The fourth-order valence-electron chi connectivity index (χ4n) is 2.36. The van der Waals surface area contributed by atoms with Crippen LogP contribution in [0, 0.1) is 5.41 Å². The van der Waals surface area contributed by atoms with Gasteiger partial charge in [0.1, 0.15) is 0 Å². The van der Waals surface area contributed by atoms with Gasteiger partial charge in [0, 0.05) is 31.9 Å². The Kier molecular flexibility index (Phi) is 3.97. The van der Waals surface area contributed by atoms with Crippen molar-refractivity contribution in [3.8, 4) is 0 Å². The number of likely N-dealkylation sites (tertiary alicyclic amines) is 1. The molecule has 1 amide bonds. The van der Waals surface area contributed by atoms with Gasteiger partial charge in [-0.15, -0.1) is 0 Å². The molecule has 1 unspecified atom stereocenters. The van der Waals surface area contributed by atoms with E-state index in [1.807, 2.05) is 17.0 Å². The van der Waals surface area contributed by atoms with E-state index >= 15 is 0 Å². The highest BCUT2D eigenvalue weighted by atomic mass is 16.2. The van der Waals surface area contributed by atoms with Gasteiger partial charge in [0.2, 0.25) is 5.91 Å². The molecule has 0 bridgehead atoms. The van der Waals surface area contributed by atoms with E-state index in [9.17, 15) is 4.79 Å². The van der Waals surface area contributed by atoms with Gasteiger partial charge in [-0.05, 0) is 42.5 Å². The van der Waals surface area contributed by atoms with Crippen LogP contribution in [0.25, 0.3) is 0 Å². The minimum Gasteiger partial charge on any atom is -0.342 e. The number of amides is 1. The molecule has 2 heterocycles. The predicted molar refractivity (Wildman–Crippen MR) is 70.9 cm³/mol. The number of pyridine rings is 1. The summed E-state index contributed by atoms with van der Waals surface area (Å²) < 4.78 is 0. The summed E-state index contributed by atoms with van der Waals surface area (Å²) in [6, 6.07) is 3.92. The Labute approximate surface area is 108 Å². The molecule has 1 atom stereocenters. The molecule has 2 rings (SSSR count). The summed E-state index contributed by atoms with van der Waals surface area (Å²) in [5.41, 5.74) is 7.03. The first-order valence-corrected chi connectivity index (χ1v) is 6.50. The molecule has 98 valence electrons. The summed E-state index contributed by atoms with van der Waals surface area (Å²) in [6.45, 7) is 4.46. The van der Waals surface area contributed by atoms with Gasteiger partial charge in [-0.1, -0.05) is 6.92 Å². The molecule has 0 aliphatic carbocycles. The Morgan fingerprint density at radius 2 is 2.22 bits per heavy atom. The second kappa shape index (κ2) is 5.48. The van der Waals surface area contributed by atoms with E-state index in [1.54, 1.807) is 12.4 Å². The van der Waals surface area contributed by atoms with Gasteiger partial charge >= 0.3 is 0 Å². The quantitative estimate of drug-likeness (QED) is 0.870. The number of nitrogens with two attached hydrogens (primary N) is 1. The largest absolute Gasteiger partial charge is 0.342 e. The van der Waals surface area contributed by atoms with Crippen molar-refractivity contribution >= 4 is 5.91 Å². The molecule has 0 spiro atoms. The molecule has 18 heavy (non-hydrogen) atoms. The second-order valence-corrected chi connectivity index (χ2v) is 5.44. The highest BCUT2D eigenvalue weighted by Gasteiger charge is 2.34. The Morgan fingerprint density at radius 3 is 2.83 bits per heavy atom. The van der Waals surface area contributed by atoms with Crippen molar-refractivity contribution in [3.63, 3.8) is 0 Å². The summed E-state index contributed by atoms with van der Waals surface area (Å²) in [5, 5.41) is 0. The standard InChI is InChI=1S/C14H21N3O/c1-14(10-15)6-9-17(11-14)13(18)3-2-12-4-7-16-8-5-12/h4-5,7-8H,2-3,6,9-11,15H2,1H3. The fraction of sp³-hybridized carbons (Fsp3) is 0.571. The number of carbonyl (C=O) groups is 1. The lowest BCUT2D eigenvalue weighted by molar-refractivity contribution is -0.130. The lowest BCUT2D eigenvalue weighted by Gasteiger charge is -2.22. The summed E-state index contributed by atoms with van der Waals surface area (Å²) in [6.07, 6.45) is 5.91. The normalized spacial score (nSPS) is 23.3. The maximum Gasteiger partial charge on any atom is 0.222 e. The van der Waals surface area contributed by atoms with E-state index in [4.69, 9.17) is 5.73 Å². The number of hydrogen-bond acceptors (Lipinski definition) is 3. The second-order valence-electron chi connectivity index (χ2n) is 5.44. The zero-order chi connectivity index (χ0) is 13.0. The van der Waals surface area contributed by atoms with Crippen LogP contribution in [-0.2, 0) is 11.2 Å². The number of carbonyl (C=O) groups excluding carboxylic acids is 1. The fourth-order valence-corrected chi connectivity index (χ4v) is 2.36. The first-order chi connectivity index (χ1) is 8.63. The number of nitrogens with zero attached hydrogens (tertiary/aromatic N) is 2. The van der Waals surface area contributed by atoms with Crippen molar-refractivity contribution < 1.29 is 4.79 Å². The van der Waals surface area contributed by atoms with Crippen LogP contribution in [0.2, 0.25) is 0 Å². The lowest BCUT2D eigenvalue weighted by Crippen LogP contribution is -2.34. The van der Waals surface area contributed by atoms with Crippen molar-refractivity contribution in [3.05, 3.63) is 30.1 Å². The number of aryl methyl sites for hydroxylation is 1. The maximum absolute atomic E-state index is 12.1. The van der Waals surface area contributed by atoms with E-state index in [2.05, 4.69) is 11.9 Å². The molecule has 0 radical (unpaired) electrons. The molecule has 1 aromatic heterocycles. The summed E-state index contributed by atoms with van der Waals surface area (Å²) in [5.74, 6) is 0.240. The predicted octanol–water partition coefficient (Wildman–Crippen LogP) is 1.21. The van der Waals surface area contributed by atoms with Crippen molar-refractivity contribution in [2.24, 2.45) is 11.1 Å². The zero-order valence-corrected chi connectivity index (χ0v) is 10.9. The molecular weight excluding hydrogens is 226 g/mol. The molecule has 1 saturated heterocycles. The van der Waals surface area contributed by atoms with Crippen LogP contribution >= 0.6 is 0 Å². The van der Waals surface area contributed by atoms with E-state index in [-0.39, 0.29) is 11.3 Å². The van der Waals surface area contributed by atoms with E-state index in [1.165, 1.54) is 5.56 Å². The summed E-state index contributed by atoms with van der Waals surface area (Å²) >= 11 is 0. The van der Waals surface area contributed by atoms with Crippen molar-refractivity contribution in [2.75, 3.05) is 19.6 Å². The molecule has 1 fully saturated rings. The summed E-state index contributed by atoms with van der Waals surface area (Å²) in [4.78, 5) is 18.0. The molecule has 4 heteroatoms. The lowest BCUT2D eigenvalue weighted by atomic mass is 9.90. The van der Waals surface area contributed by atoms with Crippen LogP contribution in [0.5, 0.6) is 0 Å². The van der Waals surface area contributed by atoms with Crippen molar-refractivity contribution in [1.82, 2.24) is 9.88 Å². The molecule has 0 aromatic carbocycles. The monoisotopic (exact) mass is 247 g/mol. The highest BCUT2D eigenvalue weighted by molar-refractivity contribution is 5.76. The van der Waals surface area contributed by atoms with Gasteiger partial charge < -0.3 is 10.6 Å². The third-order valence-electron chi connectivity index (χ3n) is 3.78. The molecular formula is C14H21N3O. The number of aromatic nitrogens is 1. The number of rotatable bonds is 4.